The van der Waals surface area contributed by atoms with E-state index in [4.69, 9.17) is 14.5 Å². The van der Waals surface area contributed by atoms with Crippen LogP contribution in [0.4, 0.5) is 5.82 Å². The lowest BCUT2D eigenvalue weighted by Gasteiger charge is -2.35. The number of hydrogen-bond donors (Lipinski definition) is 0. The second-order valence-electron chi connectivity index (χ2n) is 7.48. The van der Waals surface area contributed by atoms with Crippen molar-refractivity contribution in [2.75, 3.05) is 37.9 Å². The highest BCUT2D eigenvalue weighted by molar-refractivity contribution is 5.85. The number of benzene rings is 2. The molecule has 0 bridgehead atoms. The van der Waals surface area contributed by atoms with Gasteiger partial charge in [-0.25, -0.2) is 9.97 Å². The number of anilines is 1. The third-order valence-corrected chi connectivity index (χ3v) is 5.43. The molecule has 0 atom stereocenters. The first-order valence-corrected chi connectivity index (χ1v) is 10.0. The largest absolute Gasteiger partial charge is 0.454 e. The van der Waals surface area contributed by atoms with E-state index in [0.29, 0.717) is 6.79 Å². The van der Waals surface area contributed by atoms with Gasteiger partial charge >= 0.3 is 0 Å². The van der Waals surface area contributed by atoms with E-state index < -0.39 is 0 Å². The summed E-state index contributed by atoms with van der Waals surface area (Å²) in [5.74, 6) is 3.51. The lowest BCUT2D eigenvalue weighted by atomic mass is 10.1. The van der Waals surface area contributed by atoms with E-state index in [9.17, 15) is 0 Å². The van der Waals surface area contributed by atoms with Crippen LogP contribution in [-0.2, 0) is 6.54 Å². The molecule has 2 aliphatic heterocycles. The first-order chi connectivity index (χ1) is 14.2. The van der Waals surface area contributed by atoms with Gasteiger partial charge in [0.15, 0.2) is 11.5 Å². The van der Waals surface area contributed by atoms with E-state index in [-0.39, 0.29) is 12.4 Å². The highest BCUT2D eigenvalue weighted by Gasteiger charge is 2.20. The molecule has 0 N–H and O–H groups in total. The van der Waals surface area contributed by atoms with Crippen molar-refractivity contribution in [3.8, 4) is 22.8 Å². The zero-order valence-electron chi connectivity index (χ0n) is 17.0. The Morgan fingerprint density at radius 1 is 0.867 bits per heavy atom. The van der Waals surface area contributed by atoms with Crippen molar-refractivity contribution in [1.29, 1.82) is 0 Å². The van der Waals surface area contributed by atoms with E-state index in [1.54, 1.807) is 0 Å². The third kappa shape index (κ3) is 4.35. The zero-order valence-corrected chi connectivity index (χ0v) is 17.8. The molecule has 156 valence electrons. The van der Waals surface area contributed by atoms with E-state index in [2.05, 4.69) is 45.1 Å². The molecule has 5 rings (SSSR count). The van der Waals surface area contributed by atoms with E-state index in [0.717, 1.165) is 67.1 Å². The Balaban J connectivity index is 0.00000218. The number of piperazine rings is 1. The molecular weight excluding hydrogens is 400 g/mol. The average Bonchev–Trinajstić information content (AvgIpc) is 3.22. The summed E-state index contributed by atoms with van der Waals surface area (Å²) >= 11 is 0. The van der Waals surface area contributed by atoms with Crippen LogP contribution in [0.5, 0.6) is 11.5 Å². The molecule has 0 amide bonds. The molecule has 0 unspecified atom stereocenters. The number of nitrogens with zero attached hydrogens (tertiary/aromatic N) is 4. The lowest BCUT2D eigenvalue weighted by Crippen LogP contribution is -2.46. The molecule has 2 aliphatic rings. The van der Waals surface area contributed by atoms with Gasteiger partial charge < -0.3 is 14.4 Å². The van der Waals surface area contributed by atoms with Crippen LogP contribution in [0.25, 0.3) is 11.3 Å². The van der Waals surface area contributed by atoms with Crippen LogP contribution in [0, 0.1) is 6.92 Å². The van der Waals surface area contributed by atoms with Crippen LogP contribution in [-0.4, -0.2) is 47.8 Å². The first-order valence-electron chi connectivity index (χ1n) is 10.0. The number of hydrogen-bond acceptors (Lipinski definition) is 6. The number of rotatable bonds is 4. The molecule has 1 saturated heterocycles. The summed E-state index contributed by atoms with van der Waals surface area (Å²) in [6, 6.07) is 18.6. The van der Waals surface area contributed by atoms with Crippen molar-refractivity contribution in [2.45, 2.75) is 13.5 Å². The first kappa shape index (κ1) is 20.4. The van der Waals surface area contributed by atoms with Crippen molar-refractivity contribution in [2.24, 2.45) is 0 Å². The molecule has 0 spiro atoms. The van der Waals surface area contributed by atoms with Crippen LogP contribution >= 0.6 is 12.4 Å². The van der Waals surface area contributed by atoms with Crippen molar-refractivity contribution in [3.63, 3.8) is 0 Å². The highest BCUT2D eigenvalue weighted by Crippen LogP contribution is 2.33. The zero-order chi connectivity index (χ0) is 19.6. The average molecular weight is 425 g/mol. The fourth-order valence-corrected chi connectivity index (χ4v) is 3.90. The van der Waals surface area contributed by atoms with Gasteiger partial charge in [-0.15, -0.1) is 12.4 Å². The van der Waals surface area contributed by atoms with Crippen LogP contribution in [0.2, 0.25) is 0 Å². The van der Waals surface area contributed by atoms with Crippen LogP contribution in [0.15, 0.2) is 54.6 Å². The fraction of sp³-hybridized carbons (Fsp3) is 0.304. The molecule has 30 heavy (non-hydrogen) atoms. The third-order valence-electron chi connectivity index (χ3n) is 5.43. The van der Waals surface area contributed by atoms with E-state index >= 15 is 0 Å². The van der Waals surface area contributed by atoms with Gasteiger partial charge in [0.05, 0.1) is 5.69 Å². The Morgan fingerprint density at radius 2 is 1.63 bits per heavy atom. The Labute approximate surface area is 182 Å². The van der Waals surface area contributed by atoms with Crippen LogP contribution in [0.1, 0.15) is 11.4 Å². The minimum Gasteiger partial charge on any atom is -0.454 e. The van der Waals surface area contributed by atoms with E-state index in [1.165, 1.54) is 5.56 Å². The molecule has 0 saturated carbocycles. The van der Waals surface area contributed by atoms with Gasteiger partial charge in [-0.3, -0.25) is 4.90 Å². The maximum Gasteiger partial charge on any atom is 0.231 e. The Hall–Kier alpha value is -2.83. The van der Waals surface area contributed by atoms with Crippen molar-refractivity contribution in [3.05, 3.63) is 66.0 Å². The number of halogens is 1. The summed E-state index contributed by atoms with van der Waals surface area (Å²) in [6.07, 6.45) is 0. The number of aryl methyl sites for hydroxylation is 1. The molecule has 2 aromatic carbocycles. The molecule has 1 fully saturated rings. The molecule has 3 heterocycles. The van der Waals surface area contributed by atoms with Gasteiger partial charge in [0.25, 0.3) is 0 Å². The predicted octanol–water partition coefficient (Wildman–Crippen LogP) is 3.92. The normalized spacial score (nSPS) is 15.7. The number of aromatic nitrogens is 2. The van der Waals surface area contributed by atoms with Gasteiger partial charge in [0.2, 0.25) is 6.79 Å². The van der Waals surface area contributed by atoms with Gasteiger partial charge in [0, 0.05) is 44.4 Å². The molecule has 0 radical (unpaired) electrons. The monoisotopic (exact) mass is 424 g/mol. The van der Waals surface area contributed by atoms with Crippen LogP contribution < -0.4 is 14.4 Å². The number of fused-ring (bicyclic) bond motifs is 1. The Bertz CT molecular complexity index is 1010. The summed E-state index contributed by atoms with van der Waals surface area (Å²) < 4.78 is 10.9. The maximum absolute atomic E-state index is 5.50. The highest BCUT2D eigenvalue weighted by atomic mass is 35.5. The van der Waals surface area contributed by atoms with E-state index in [1.807, 2.05) is 31.2 Å². The summed E-state index contributed by atoms with van der Waals surface area (Å²) in [5, 5.41) is 0. The molecular formula is C23H25ClN4O2. The molecule has 3 aromatic rings. The SMILES string of the molecule is Cc1nc(-c2ccccc2)cc(N2CCN(Cc3ccc4c(c3)OCO4)CC2)n1.Cl. The minimum atomic E-state index is 0. The lowest BCUT2D eigenvalue weighted by molar-refractivity contribution is 0.174. The second-order valence-corrected chi connectivity index (χ2v) is 7.48. The molecule has 7 heteroatoms. The quantitative estimate of drug-likeness (QED) is 0.632. The maximum atomic E-state index is 5.50. The van der Waals surface area contributed by atoms with Gasteiger partial charge in [-0.05, 0) is 24.6 Å². The summed E-state index contributed by atoms with van der Waals surface area (Å²) in [6.45, 7) is 7.11. The Kier molecular flexibility index (Phi) is 6.06. The minimum absolute atomic E-state index is 0. The van der Waals surface area contributed by atoms with Crippen molar-refractivity contribution >= 4 is 18.2 Å². The Morgan fingerprint density at radius 3 is 2.43 bits per heavy atom. The molecule has 1 aromatic heterocycles. The van der Waals surface area contributed by atoms with Gasteiger partial charge in [-0.2, -0.15) is 0 Å². The summed E-state index contributed by atoms with van der Waals surface area (Å²) in [5.41, 5.74) is 3.36. The van der Waals surface area contributed by atoms with Crippen LogP contribution in [0.3, 0.4) is 0 Å². The van der Waals surface area contributed by atoms with Crippen molar-refractivity contribution < 1.29 is 9.47 Å². The standard InChI is InChI=1S/C23H24N4O2.ClH/c1-17-24-20(19-5-3-2-4-6-19)14-23(25-17)27-11-9-26(10-12-27)15-18-7-8-21-22(13-18)29-16-28-21;/h2-8,13-14H,9-12,15-16H2,1H3;1H. The molecule has 6 nitrogen and oxygen atoms in total. The van der Waals surface area contributed by atoms with Crippen molar-refractivity contribution in [1.82, 2.24) is 14.9 Å². The summed E-state index contributed by atoms with van der Waals surface area (Å²) in [4.78, 5) is 14.2. The second kappa shape index (κ2) is 8.90. The predicted molar refractivity (Wildman–Crippen MR) is 120 cm³/mol. The molecule has 0 aliphatic carbocycles. The number of ether oxygens (including phenoxy) is 2. The summed E-state index contributed by atoms with van der Waals surface area (Å²) in [7, 11) is 0. The van der Waals surface area contributed by atoms with Gasteiger partial charge in [0.1, 0.15) is 11.6 Å². The topological polar surface area (TPSA) is 50.7 Å². The smallest absolute Gasteiger partial charge is 0.231 e. The van der Waals surface area contributed by atoms with Gasteiger partial charge in [-0.1, -0.05) is 36.4 Å². The fourth-order valence-electron chi connectivity index (χ4n) is 3.90.